The molecule has 26 heavy (non-hydrogen) atoms. The highest BCUT2D eigenvalue weighted by Crippen LogP contribution is 2.20. The van der Waals surface area contributed by atoms with Gasteiger partial charge in [0.2, 0.25) is 0 Å². The van der Waals surface area contributed by atoms with Crippen LogP contribution >= 0.6 is 0 Å². The predicted molar refractivity (Wildman–Crippen MR) is 98.0 cm³/mol. The van der Waals surface area contributed by atoms with Gasteiger partial charge >= 0.3 is 0 Å². The van der Waals surface area contributed by atoms with E-state index in [0.29, 0.717) is 36.8 Å². The Labute approximate surface area is 154 Å². The smallest absolute Gasteiger partial charge is 0.272 e. The average Bonchev–Trinajstić information content (AvgIpc) is 3.22. The second kappa shape index (κ2) is 7.87. The quantitative estimate of drug-likeness (QED) is 0.784. The van der Waals surface area contributed by atoms with Crippen LogP contribution in [-0.2, 0) is 14.6 Å². The van der Waals surface area contributed by atoms with Gasteiger partial charge in [-0.25, -0.2) is 18.4 Å². The van der Waals surface area contributed by atoms with Crippen LogP contribution in [0.5, 0.6) is 0 Å². The number of nitrogens with one attached hydrogen (secondary N) is 1. The molecule has 2 unspecified atom stereocenters. The molecular formula is C17H26N4O4S. The topological polar surface area (TPSA) is 101 Å². The number of ether oxygens (including phenoxy) is 1. The fraction of sp³-hybridized carbons (Fsp3) is 0.706. The lowest BCUT2D eigenvalue weighted by molar-refractivity contribution is 0.0702. The first kappa shape index (κ1) is 19.0. The zero-order chi connectivity index (χ0) is 18.7. The molecule has 3 rings (SSSR count). The molecule has 0 aliphatic carbocycles. The van der Waals surface area contributed by atoms with Gasteiger partial charge < -0.3 is 15.0 Å². The van der Waals surface area contributed by atoms with E-state index in [2.05, 4.69) is 15.3 Å². The van der Waals surface area contributed by atoms with Crippen molar-refractivity contribution in [3.63, 3.8) is 0 Å². The zero-order valence-electron chi connectivity index (χ0n) is 15.3. The minimum atomic E-state index is -3.05. The Bertz CT molecular complexity index is 762. The highest BCUT2D eigenvalue weighted by atomic mass is 32.2. The molecule has 1 aromatic rings. The summed E-state index contributed by atoms with van der Waals surface area (Å²) in [4.78, 5) is 23.1. The number of anilines is 1. The van der Waals surface area contributed by atoms with Gasteiger partial charge in [0.1, 0.15) is 17.3 Å². The zero-order valence-corrected chi connectivity index (χ0v) is 16.1. The number of carbonyl (C=O) groups is 1. The molecule has 0 aromatic carbocycles. The lowest BCUT2D eigenvalue weighted by Crippen LogP contribution is -2.41. The van der Waals surface area contributed by atoms with Crippen molar-refractivity contribution in [2.45, 2.75) is 45.3 Å². The standard InChI is InChI=1S/C17H26N4O4S/c1-3-21(13-6-8-26(23,24)11-13)17(22)15-9-16(20-12(2)19-15)18-10-14-5-4-7-25-14/h9,13-14H,3-8,10-11H2,1-2H3,(H,18,19,20). The van der Waals surface area contributed by atoms with E-state index in [9.17, 15) is 13.2 Å². The third-order valence-corrected chi connectivity index (χ3v) is 6.59. The highest BCUT2D eigenvalue weighted by Gasteiger charge is 2.34. The number of sulfone groups is 1. The Hall–Kier alpha value is -1.74. The number of nitrogens with zero attached hydrogens (tertiary/aromatic N) is 3. The van der Waals surface area contributed by atoms with Crippen molar-refractivity contribution in [1.82, 2.24) is 14.9 Å². The maximum absolute atomic E-state index is 12.9. The van der Waals surface area contributed by atoms with E-state index in [1.165, 1.54) is 0 Å². The van der Waals surface area contributed by atoms with Crippen LogP contribution in [0.4, 0.5) is 5.82 Å². The Kier molecular flexibility index (Phi) is 5.76. The van der Waals surface area contributed by atoms with Crippen molar-refractivity contribution in [3.8, 4) is 0 Å². The summed E-state index contributed by atoms with van der Waals surface area (Å²) in [5, 5.41) is 3.22. The van der Waals surface area contributed by atoms with E-state index < -0.39 is 9.84 Å². The van der Waals surface area contributed by atoms with Gasteiger partial charge in [0.25, 0.3) is 5.91 Å². The molecule has 8 nitrogen and oxygen atoms in total. The largest absolute Gasteiger partial charge is 0.376 e. The Balaban J connectivity index is 1.73. The number of aryl methyl sites for hydroxylation is 1. The van der Waals surface area contributed by atoms with Gasteiger partial charge in [0.05, 0.1) is 17.6 Å². The molecule has 1 N–H and O–H groups in total. The molecule has 0 spiro atoms. The first-order valence-corrected chi connectivity index (χ1v) is 10.9. The molecule has 144 valence electrons. The molecule has 1 aromatic heterocycles. The van der Waals surface area contributed by atoms with Gasteiger partial charge in [-0.2, -0.15) is 0 Å². The lowest BCUT2D eigenvalue weighted by Gasteiger charge is -2.26. The molecule has 9 heteroatoms. The molecule has 1 amide bonds. The maximum atomic E-state index is 12.9. The lowest BCUT2D eigenvalue weighted by atomic mass is 10.2. The van der Waals surface area contributed by atoms with Crippen LogP contribution in [0, 0.1) is 6.92 Å². The molecule has 0 radical (unpaired) electrons. The molecule has 2 saturated heterocycles. The SMILES string of the molecule is CCN(C(=O)c1cc(NCC2CCCO2)nc(C)n1)C1CCS(=O)(=O)C1. The molecule has 0 saturated carbocycles. The fourth-order valence-corrected chi connectivity index (χ4v) is 5.26. The Morgan fingerprint density at radius 3 is 2.81 bits per heavy atom. The third kappa shape index (κ3) is 4.50. The Morgan fingerprint density at radius 2 is 2.19 bits per heavy atom. The number of hydrogen-bond acceptors (Lipinski definition) is 7. The Morgan fingerprint density at radius 1 is 1.38 bits per heavy atom. The third-order valence-electron chi connectivity index (χ3n) is 4.84. The van der Waals surface area contributed by atoms with Gasteiger partial charge in [-0.15, -0.1) is 0 Å². The normalized spacial score (nSPS) is 24.5. The number of carbonyl (C=O) groups excluding carboxylic acids is 1. The van der Waals surface area contributed by atoms with Crippen molar-refractivity contribution in [1.29, 1.82) is 0 Å². The molecule has 0 bridgehead atoms. The van der Waals surface area contributed by atoms with Crippen LogP contribution < -0.4 is 5.32 Å². The summed E-state index contributed by atoms with van der Waals surface area (Å²) in [5.41, 5.74) is 0.290. The average molecular weight is 382 g/mol. The summed E-state index contributed by atoms with van der Waals surface area (Å²) in [6.07, 6.45) is 2.73. The summed E-state index contributed by atoms with van der Waals surface area (Å²) in [5.74, 6) is 1.01. The number of aromatic nitrogens is 2. The number of hydrogen-bond donors (Lipinski definition) is 1. The van der Waals surface area contributed by atoms with Gasteiger partial charge in [-0.3, -0.25) is 4.79 Å². The fourth-order valence-electron chi connectivity index (χ4n) is 3.53. The number of rotatable bonds is 6. The van der Waals surface area contributed by atoms with Gasteiger partial charge in [-0.1, -0.05) is 0 Å². The minimum absolute atomic E-state index is 0.0285. The van der Waals surface area contributed by atoms with Gasteiger partial charge in [0, 0.05) is 31.8 Å². The van der Waals surface area contributed by atoms with Crippen LogP contribution in [-0.4, -0.2) is 72.5 Å². The van der Waals surface area contributed by atoms with E-state index in [-0.39, 0.29) is 29.6 Å². The van der Waals surface area contributed by atoms with E-state index in [0.717, 1.165) is 19.4 Å². The second-order valence-corrected chi connectivity index (χ2v) is 9.08. The number of amides is 1. The molecular weight excluding hydrogens is 356 g/mol. The molecule has 3 heterocycles. The summed E-state index contributed by atoms with van der Waals surface area (Å²) in [7, 11) is -3.05. The summed E-state index contributed by atoms with van der Waals surface area (Å²) < 4.78 is 29.1. The summed E-state index contributed by atoms with van der Waals surface area (Å²) in [6, 6.07) is 1.35. The predicted octanol–water partition coefficient (Wildman–Crippen LogP) is 1.03. The van der Waals surface area contributed by atoms with Crippen molar-refractivity contribution in [2.24, 2.45) is 0 Å². The van der Waals surface area contributed by atoms with Crippen molar-refractivity contribution >= 4 is 21.6 Å². The summed E-state index contributed by atoms with van der Waals surface area (Å²) in [6.45, 7) is 5.47. The molecule has 2 aliphatic heterocycles. The monoisotopic (exact) mass is 382 g/mol. The first-order valence-electron chi connectivity index (χ1n) is 9.10. The molecule has 2 fully saturated rings. The van der Waals surface area contributed by atoms with Crippen LogP contribution in [0.2, 0.25) is 0 Å². The van der Waals surface area contributed by atoms with Gasteiger partial charge in [0.15, 0.2) is 9.84 Å². The maximum Gasteiger partial charge on any atom is 0.272 e. The van der Waals surface area contributed by atoms with Gasteiger partial charge in [-0.05, 0) is 33.1 Å². The van der Waals surface area contributed by atoms with Crippen molar-refractivity contribution < 1.29 is 17.9 Å². The van der Waals surface area contributed by atoms with Crippen molar-refractivity contribution in [2.75, 3.05) is 36.5 Å². The first-order chi connectivity index (χ1) is 12.4. The van der Waals surface area contributed by atoms with Crippen LogP contribution in [0.15, 0.2) is 6.07 Å². The molecule has 2 aliphatic rings. The highest BCUT2D eigenvalue weighted by molar-refractivity contribution is 7.91. The minimum Gasteiger partial charge on any atom is -0.376 e. The van der Waals surface area contributed by atoms with E-state index >= 15 is 0 Å². The van der Waals surface area contributed by atoms with E-state index in [4.69, 9.17) is 4.74 Å². The van der Waals surface area contributed by atoms with Crippen LogP contribution in [0.3, 0.4) is 0 Å². The van der Waals surface area contributed by atoms with Crippen molar-refractivity contribution in [3.05, 3.63) is 17.6 Å². The second-order valence-electron chi connectivity index (χ2n) is 6.85. The van der Waals surface area contributed by atoms with Crippen LogP contribution in [0.1, 0.15) is 42.5 Å². The summed E-state index contributed by atoms with van der Waals surface area (Å²) >= 11 is 0. The van der Waals surface area contributed by atoms with Crippen LogP contribution in [0.25, 0.3) is 0 Å². The van der Waals surface area contributed by atoms with E-state index in [1.54, 1.807) is 17.9 Å². The van der Waals surface area contributed by atoms with E-state index in [1.807, 2.05) is 6.92 Å². The molecule has 2 atom stereocenters.